The zero-order valence-electron chi connectivity index (χ0n) is 10.5. The molecule has 0 spiro atoms. The van der Waals surface area contributed by atoms with Gasteiger partial charge in [0.25, 0.3) is 0 Å². The van der Waals surface area contributed by atoms with Crippen LogP contribution in [0.15, 0.2) is 54.6 Å². The van der Waals surface area contributed by atoms with E-state index in [0.29, 0.717) is 6.10 Å². The molecule has 0 saturated carbocycles. The normalized spacial score (nSPS) is 17.5. The zero-order valence-corrected chi connectivity index (χ0v) is 10.5. The first-order chi connectivity index (χ1) is 8.83. The highest BCUT2D eigenvalue weighted by atomic mass is 16.6. The Morgan fingerprint density at radius 2 is 1.61 bits per heavy atom. The lowest BCUT2D eigenvalue weighted by atomic mass is 10.2. The van der Waals surface area contributed by atoms with Crippen LogP contribution in [0.5, 0.6) is 0 Å². The number of rotatable bonds is 4. The van der Waals surface area contributed by atoms with Crippen LogP contribution in [0.4, 0.5) is 11.4 Å². The average molecular weight is 239 g/mol. The second-order valence-corrected chi connectivity index (χ2v) is 4.74. The third kappa shape index (κ3) is 2.54. The highest BCUT2D eigenvalue weighted by Gasteiger charge is 2.26. The molecule has 1 atom stereocenters. The molecular weight excluding hydrogens is 222 g/mol. The summed E-state index contributed by atoms with van der Waals surface area (Å²) in [5.41, 5.74) is 3.73. The van der Waals surface area contributed by atoms with Crippen molar-refractivity contribution in [2.24, 2.45) is 0 Å². The molecule has 1 heterocycles. The Kier molecular flexibility index (Phi) is 3.03. The zero-order chi connectivity index (χ0) is 12.4. The largest absolute Gasteiger partial charge is 0.371 e. The van der Waals surface area contributed by atoms with Crippen molar-refractivity contribution < 1.29 is 4.74 Å². The molecule has 18 heavy (non-hydrogen) atoms. The fourth-order valence-electron chi connectivity index (χ4n) is 2.07. The molecule has 2 heteroatoms. The van der Waals surface area contributed by atoms with Gasteiger partial charge in [-0.25, -0.2) is 0 Å². The topological polar surface area (TPSA) is 15.8 Å². The average Bonchev–Trinajstić information content (AvgIpc) is 3.22. The number of para-hydroxylation sites is 1. The molecule has 1 fully saturated rings. The van der Waals surface area contributed by atoms with Gasteiger partial charge < -0.3 is 9.64 Å². The molecule has 1 aliphatic heterocycles. The first-order valence-electron chi connectivity index (χ1n) is 6.34. The molecule has 0 amide bonds. The molecule has 0 N–H and O–H groups in total. The Morgan fingerprint density at radius 1 is 1.00 bits per heavy atom. The van der Waals surface area contributed by atoms with Gasteiger partial charge in [-0.2, -0.15) is 0 Å². The molecule has 3 rings (SSSR count). The smallest absolute Gasteiger partial charge is 0.0988 e. The van der Waals surface area contributed by atoms with Gasteiger partial charge in [0, 0.05) is 11.4 Å². The summed E-state index contributed by atoms with van der Waals surface area (Å²) in [7, 11) is 0. The molecule has 0 aliphatic carbocycles. The lowest BCUT2D eigenvalue weighted by Crippen LogP contribution is -2.22. The third-order valence-corrected chi connectivity index (χ3v) is 3.20. The third-order valence-electron chi connectivity index (χ3n) is 3.20. The van der Waals surface area contributed by atoms with E-state index in [-0.39, 0.29) is 0 Å². The molecule has 1 saturated heterocycles. The summed E-state index contributed by atoms with van der Waals surface area (Å²) in [5, 5.41) is 0. The van der Waals surface area contributed by atoms with Gasteiger partial charge in [-0.05, 0) is 31.2 Å². The van der Waals surface area contributed by atoms with Gasteiger partial charge in [0.2, 0.25) is 0 Å². The molecule has 0 aromatic heterocycles. The maximum absolute atomic E-state index is 5.36. The number of hydrogen-bond acceptors (Lipinski definition) is 2. The van der Waals surface area contributed by atoms with Crippen molar-refractivity contribution in [1.82, 2.24) is 0 Å². The molecule has 2 aromatic carbocycles. The van der Waals surface area contributed by atoms with Gasteiger partial charge in [-0.3, -0.25) is 0 Å². The molecule has 1 aliphatic rings. The maximum atomic E-state index is 5.36. The molecule has 2 nitrogen and oxygen atoms in total. The van der Waals surface area contributed by atoms with Gasteiger partial charge in [0.1, 0.15) is 0 Å². The molecule has 92 valence electrons. The predicted molar refractivity (Wildman–Crippen MR) is 74.4 cm³/mol. The highest BCUT2D eigenvalue weighted by molar-refractivity contribution is 5.63. The van der Waals surface area contributed by atoms with E-state index in [1.54, 1.807) is 0 Å². The van der Waals surface area contributed by atoms with Crippen LogP contribution in [-0.2, 0) is 4.74 Å². The summed E-state index contributed by atoms with van der Waals surface area (Å²) in [6.07, 6.45) is 0.381. The minimum Gasteiger partial charge on any atom is -0.371 e. The number of nitrogens with zero attached hydrogens (tertiary/aromatic N) is 1. The second-order valence-electron chi connectivity index (χ2n) is 4.74. The molecular formula is C16H17NO. The Balaban J connectivity index is 1.91. The van der Waals surface area contributed by atoms with Gasteiger partial charge in [0.15, 0.2) is 0 Å². The van der Waals surface area contributed by atoms with Gasteiger partial charge >= 0.3 is 0 Å². The van der Waals surface area contributed by atoms with Crippen molar-refractivity contribution in [2.45, 2.75) is 13.0 Å². The van der Waals surface area contributed by atoms with Crippen molar-refractivity contribution >= 4 is 11.4 Å². The molecule has 0 unspecified atom stereocenters. The Bertz CT molecular complexity index is 502. The van der Waals surface area contributed by atoms with Gasteiger partial charge in [0.05, 0.1) is 19.3 Å². The fourth-order valence-corrected chi connectivity index (χ4v) is 2.07. The van der Waals surface area contributed by atoms with Crippen molar-refractivity contribution in [3.8, 4) is 0 Å². The number of benzene rings is 2. The van der Waals surface area contributed by atoms with Gasteiger partial charge in [-0.1, -0.05) is 35.9 Å². The summed E-state index contributed by atoms with van der Waals surface area (Å²) in [4.78, 5) is 2.32. The van der Waals surface area contributed by atoms with Crippen LogP contribution in [0.2, 0.25) is 0 Å². The van der Waals surface area contributed by atoms with Crippen molar-refractivity contribution in [1.29, 1.82) is 0 Å². The van der Waals surface area contributed by atoms with E-state index < -0.39 is 0 Å². The van der Waals surface area contributed by atoms with Crippen molar-refractivity contribution in [2.75, 3.05) is 18.1 Å². The number of anilines is 2. The lowest BCUT2D eigenvalue weighted by Gasteiger charge is -2.24. The van der Waals surface area contributed by atoms with Crippen LogP contribution in [0, 0.1) is 6.92 Å². The monoisotopic (exact) mass is 239 g/mol. The van der Waals surface area contributed by atoms with E-state index in [0.717, 1.165) is 13.2 Å². The highest BCUT2D eigenvalue weighted by Crippen LogP contribution is 2.27. The maximum Gasteiger partial charge on any atom is 0.0988 e. The minimum absolute atomic E-state index is 0.381. The van der Waals surface area contributed by atoms with Crippen molar-refractivity contribution in [3.05, 3.63) is 60.2 Å². The van der Waals surface area contributed by atoms with Crippen LogP contribution in [0.3, 0.4) is 0 Å². The summed E-state index contributed by atoms with van der Waals surface area (Å²) in [6.45, 7) is 3.92. The Hall–Kier alpha value is -1.80. The predicted octanol–water partition coefficient (Wildman–Crippen LogP) is 3.53. The fraction of sp³-hybridized carbons (Fsp3) is 0.250. The summed E-state index contributed by atoms with van der Waals surface area (Å²) < 4.78 is 5.36. The van der Waals surface area contributed by atoms with Crippen LogP contribution in [0.1, 0.15) is 5.56 Å². The number of ether oxygens (including phenoxy) is 1. The summed E-state index contributed by atoms with van der Waals surface area (Å²) >= 11 is 0. The first-order valence-corrected chi connectivity index (χ1v) is 6.34. The second kappa shape index (κ2) is 4.83. The lowest BCUT2D eigenvalue weighted by molar-refractivity contribution is 0.411. The van der Waals surface area contributed by atoms with Crippen LogP contribution >= 0.6 is 0 Å². The quantitative estimate of drug-likeness (QED) is 0.758. The van der Waals surface area contributed by atoms with E-state index in [2.05, 4.69) is 60.4 Å². The van der Waals surface area contributed by atoms with E-state index in [4.69, 9.17) is 4.74 Å². The van der Waals surface area contributed by atoms with Crippen molar-refractivity contribution in [3.63, 3.8) is 0 Å². The molecule has 0 bridgehead atoms. The Labute approximate surface area is 108 Å². The van der Waals surface area contributed by atoms with Crippen LogP contribution in [-0.4, -0.2) is 19.3 Å². The number of hydrogen-bond donors (Lipinski definition) is 0. The van der Waals surface area contributed by atoms with E-state index in [1.807, 2.05) is 6.07 Å². The van der Waals surface area contributed by atoms with E-state index in [1.165, 1.54) is 16.9 Å². The standard InChI is InChI=1S/C16H17NO/c1-13-7-9-15(10-8-13)17(11-16-12-18-16)14-5-3-2-4-6-14/h2-10,16H,11-12H2,1H3/t16-/m1/s1. The van der Waals surface area contributed by atoms with E-state index in [9.17, 15) is 0 Å². The number of epoxide rings is 1. The van der Waals surface area contributed by atoms with E-state index >= 15 is 0 Å². The molecule has 2 aromatic rings. The summed E-state index contributed by atoms with van der Waals surface area (Å²) in [5.74, 6) is 0. The minimum atomic E-state index is 0.381. The Morgan fingerprint density at radius 3 is 2.22 bits per heavy atom. The first kappa shape index (κ1) is 11.3. The number of aryl methyl sites for hydroxylation is 1. The van der Waals surface area contributed by atoms with Crippen LogP contribution < -0.4 is 4.90 Å². The summed E-state index contributed by atoms with van der Waals surface area (Å²) in [6, 6.07) is 19.1. The SMILES string of the molecule is Cc1ccc(N(C[C@@H]2CO2)c2ccccc2)cc1. The van der Waals surface area contributed by atoms with Gasteiger partial charge in [-0.15, -0.1) is 0 Å². The molecule has 0 radical (unpaired) electrons. The van der Waals surface area contributed by atoms with Crippen LogP contribution in [0.25, 0.3) is 0 Å².